The number of para-hydroxylation sites is 1. The molecule has 4 N–H and O–H groups in total. The summed E-state index contributed by atoms with van der Waals surface area (Å²) in [6.45, 7) is -0.0128. The van der Waals surface area contributed by atoms with Crippen molar-refractivity contribution >= 4 is 0 Å². The minimum atomic E-state index is -1.49. The van der Waals surface area contributed by atoms with Crippen LogP contribution in [0.2, 0.25) is 0 Å². The maximum Gasteiger partial charge on any atom is 0.229 e. The summed E-state index contributed by atoms with van der Waals surface area (Å²) < 4.78 is 17.2. The van der Waals surface area contributed by atoms with Gasteiger partial charge in [-0.1, -0.05) is 60.7 Å². The molecule has 0 radical (unpaired) electrons. The van der Waals surface area contributed by atoms with E-state index in [0.717, 1.165) is 22.4 Å². The predicted octanol–water partition coefficient (Wildman–Crippen LogP) is 2.04. The summed E-state index contributed by atoms with van der Waals surface area (Å²) in [6.07, 6.45) is -6.07. The van der Waals surface area contributed by atoms with Crippen LogP contribution in [0.25, 0.3) is 0 Å². The Hall–Kier alpha value is -2.94. The third kappa shape index (κ3) is 5.71. The van der Waals surface area contributed by atoms with Gasteiger partial charge in [0.2, 0.25) is 6.29 Å². The van der Waals surface area contributed by atoms with Crippen molar-refractivity contribution in [3.05, 3.63) is 95.6 Å². The Labute approximate surface area is 192 Å². The van der Waals surface area contributed by atoms with Crippen LogP contribution < -0.4 is 9.47 Å². The first-order valence-electron chi connectivity index (χ1n) is 10.9. The van der Waals surface area contributed by atoms with Gasteiger partial charge < -0.3 is 34.6 Å². The van der Waals surface area contributed by atoms with Crippen molar-refractivity contribution in [2.75, 3.05) is 6.61 Å². The second-order valence-corrected chi connectivity index (χ2v) is 8.02. The van der Waals surface area contributed by atoms with Gasteiger partial charge in [-0.15, -0.1) is 0 Å². The molecular formula is C26H28O7. The van der Waals surface area contributed by atoms with E-state index in [4.69, 9.17) is 14.2 Å². The summed E-state index contributed by atoms with van der Waals surface area (Å²) in [5.41, 5.74) is 2.99. The van der Waals surface area contributed by atoms with Crippen molar-refractivity contribution in [2.24, 2.45) is 0 Å². The lowest BCUT2D eigenvalue weighted by Gasteiger charge is -2.39. The van der Waals surface area contributed by atoms with Gasteiger partial charge >= 0.3 is 0 Å². The molecule has 1 fully saturated rings. The van der Waals surface area contributed by atoms with Gasteiger partial charge in [0.15, 0.2) is 0 Å². The van der Waals surface area contributed by atoms with Crippen LogP contribution in [-0.2, 0) is 17.8 Å². The Balaban J connectivity index is 1.41. The van der Waals surface area contributed by atoms with Crippen LogP contribution in [0, 0.1) is 0 Å². The zero-order chi connectivity index (χ0) is 23.2. The molecule has 33 heavy (non-hydrogen) atoms. The molecular weight excluding hydrogens is 424 g/mol. The zero-order valence-corrected chi connectivity index (χ0v) is 18.0. The molecule has 1 unspecified atom stereocenters. The molecule has 1 aliphatic rings. The molecule has 3 aromatic rings. The van der Waals surface area contributed by atoms with Crippen LogP contribution in [0.1, 0.15) is 16.7 Å². The monoisotopic (exact) mass is 452 g/mol. The molecule has 3 aromatic carbocycles. The van der Waals surface area contributed by atoms with Crippen LogP contribution >= 0.6 is 0 Å². The summed E-state index contributed by atoms with van der Waals surface area (Å²) in [5, 5.41) is 39.6. The number of ether oxygens (including phenoxy) is 3. The molecule has 0 saturated carbocycles. The smallest absolute Gasteiger partial charge is 0.229 e. The zero-order valence-electron chi connectivity index (χ0n) is 18.0. The molecule has 0 aliphatic carbocycles. The fourth-order valence-corrected chi connectivity index (χ4v) is 3.72. The largest absolute Gasteiger partial charge is 0.489 e. The molecule has 1 aliphatic heterocycles. The number of rotatable bonds is 8. The fraction of sp³-hybridized carbons (Fsp3) is 0.308. The lowest BCUT2D eigenvalue weighted by Crippen LogP contribution is -2.60. The minimum Gasteiger partial charge on any atom is -0.489 e. The summed E-state index contributed by atoms with van der Waals surface area (Å²) >= 11 is 0. The summed E-state index contributed by atoms with van der Waals surface area (Å²) in [4.78, 5) is 0. The predicted molar refractivity (Wildman–Crippen MR) is 121 cm³/mol. The molecule has 7 nitrogen and oxygen atoms in total. The highest BCUT2D eigenvalue weighted by Crippen LogP contribution is 2.28. The highest BCUT2D eigenvalue weighted by molar-refractivity contribution is 5.39. The van der Waals surface area contributed by atoms with Gasteiger partial charge in [0.25, 0.3) is 0 Å². The average Bonchev–Trinajstić information content (AvgIpc) is 2.85. The molecule has 4 rings (SSSR count). The maximum absolute atomic E-state index is 10.3. The Morgan fingerprint density at radius 1 is 0.727 bits per heavy atom. The lowest BCUT2D eigenvalue weighted by atomic mass is 9.99. The topological polar surface area (TPSA) is 109 Å². The Bertz CT molecular complexity index is 1010. The quantitative estimate of drug-likeness (QED) is 0.414. The van der Waals surface area contributed by atoms with Gasteiger partial charge in [0.1, 0.15) is 42.5 Å². The molecule has 0 spiro atoms. The van der Waals surface area contributed by atoms with Gasteiger partial charge in [-0.25, -0.2) is 0 Å². The Morgan fingerprint density at radius 3 is 2.15 bits per heavy atom. The standard InChI is InChI=1S/C26H28O7/c27-15-22-23(28)24(29)25(30)26(33-22)32-21-9-5-4-8-19(21)14-17-10-12-20(13-11-17)31-16-18-6-2-1-3-7-18/h1-13,22-30H,14-16H2/t22-,23-,24+,25-,26?/m1/s1. The van der Waals surface area contributed by atoms with E-state index in [0.29, 0.717) is 18.8 Å². The van der Waals surface area contributed by atoms with Gasteiger partial charge in [-0.3, -0.25) is 0 Å². The van der Waals surface area contributed by atoms with Crippen LogP contribution in [0.5, 0.6) is 11.5 Å². The summed E-state index contributed by atoms with van der Waals surface area (Å²) in [5.74, 6) is 1.25. The van der Waals surface area contributed by atoms with Crippen molar-refractivity contribution < 1.29 is 34.6 Å². The van der Waals surface area contributed by atoms with Crippen molar-refractivity contribution in [1.29, 1.82) is 0 Å². The number of hydrogen-bond acceptors (Lipinski definition) is 7. The van der Waals surface area contributed by atoms with Crippen LogP contribution in [0.4, 0.5) is 0 Å². The van der Waals surface area contributed by atoms with Gasteiger partial charge in [0.05, 0.1) is 6.61 Å². The van der Waals surface area contributed by atoms with Gasteiger partial charge in [-0.05, 0) is 34.9 Å². The molecule has 174 valence electrons. The second-order valence-electron chi connectivity index (χ2n) is 8.02. The number of aliphatic hydroxyl groups is 4. The maximum atomic E-state index is 10.3. The highest BCUT2D eigenvalue weighted by atomic mass is 16.7. The Kier molecular flexibility index (Phi) is 7.59. The van der Waals surface area contributed by atoms with E-state index in [1.54, 1.807) is 12.1 Å². The van der Waals surface area contributed by atoms with E-state index >= 15 is 0 Å². The third-order valence-corrected chi connectivity index (χ3v) is 5.63. The number of benzene rings is 3. The molecule has 1 saturated heterocycles. The van der Waals surface area contributed by atoms with E-state index in [1.807, 2.05) is 66.7 Å². The summed E-state index contributed by atoms with van der Waals surface area (Å²) in [7, 11) is 0. The van der Waals surface area contributed by atoms with Crippen LogP contribution in [0.15, 0.2) is 78.9 Å². The van der Waals surface area contributed by atoms with Crippen molar-refractivity contribution in [3.63, 3.8) is 0 Å². The van der Waals surface area contributed by atoms with Crippen molar-refractivity contribution in [1.82, 2.24) is 0 Å². The lowest BCUT2D eigenvalue weighted by molar-refractivity contribution is -0.277. The third-order valence-electron chi connectivity index (χ3n) is 5.63. The average molecular weight is 453 g/mol. The molecule has 0 bridgehead atoms. The van der Waals surface area contributed by atoms with E-state index in [1.165, 1.54) is 0 Å². The van der Waals surface area contributed by atoms with E-state index in [9.17, 15) is 20.4 Å². The fourth-order valence-electron chi connectivity index (χ4n) is 3.72. The molecule has 5 atom stereocenters. The number of hydrogen-bond donors (Lipinski definition) is 4. The van der Waals surface area contributed by atoms with E-state index in [-0.39, 0.29) is 0 Å². The molecule has 0 aromatic heterocycles. The molecule has 7 heteroatoms. The van der Waals surface area contributed by atoms with Crippen molar-refractivity contribution in [3.8, 4) is 11.5 Å². The van der Waals surface area contributed by atoms with Crippen molar-refractivity contribution in [2.45, 2.75) is 43.7 Å². The minimum absolute atomic E-state index is 0.478. The first-order chi connectivity index (χ1) is 16.0. The SMILES string of the molecule is OC[C@H]1OC(Oc2ccccc2Cc2ccc(OCc3ccccc3)cc2)[C@H](O)[C@@H](O)[C@@H]1O. The van der Waals surface area contributed by atoms with Gasteiger partial charge in [0, 0.05) is 6.42 Å². The highest BCUT2D eigenvalue weighted by Gasteiger charge is 2.44. The Morgan fingerprint density at radius 2 is 1.42 bits per heavy atom. The van der Waals surface area contributed by atoms with E-state index < -0.39 is 37.3 Å². The molecule has 1 heterocycles. The van der Waals surface area contributed by atoms with Crippen LogP contribution in [-0.4, -0.2) is 57.7 Å². The molecule has 0 amide bonds. The normalized spacial score (nSPS) is 24.9. The second kappa shape index (κ2) is 10.8. The van der Waals surface area contributed by atoms with Crippen LogP contribution in [0.3, 0.4) is 0 Å². The van der Waals surface area contributed by atoms with E-state index in [2.05, 4.69) is 0 Å². The first-order valence-corrected chi connectivity index (χ1v) is 10.9. The number of aliphatic hydroxyl groups excluding tert-OH is 4. The van der Waals surface area contributed by atoms with Gasteiger partial charge in [-0.2, -0.15) is 0 Å². The first kappa shape index (κ1) is 23.2. The summed E-state index contributed by atoms with van der Waals surface area (Å²) in [6, 6.07) is 25.1.